The van der Waals surface area contributed by atoms with Gasteiger partial charge in [-0.3, -0.25) is 9.59 Å². The number of carbonyl (C=O) groups excluding carboxylic acids is 2. The molecule has 1 saturated heterocycles. The van der Waals surface area contributed by atoms with Gasteiger partial charge in [-0.15, -0.1) is 0 Å². The molecule has 0 unspecified atom stereocenters. The first-order chi connectivity index (χ1) is 13.4. The van der Waals surface area contributed by atoms with Crippen LogP contribution in [-0.2, 0) is 29.6 Å². The van der Waals surface area contributed by atoms with Gasteiger partial charge >= 0.3 is 5.97 Å². The number of hydrogen-bond acceptors (Lipinski definition) is 5. The average molecular weight is 406 g/mol. The summed E-state index contributed by atoms with van der Waals surface area (Å²) in [6.45, 7) is -0.305. The van der Waals surface area contributed by atoms with Crippen molar-refractivity contribution in [3.8, 4) is 0 Å². The van der Waals surface area contributed by atoms with Crippen molar-refractivity contribution in [3.05, 3.63) is 35.9 Å². The van der Waals surface area contributed by atoms with Crippen LogP contribution in [0.25, 0.3) is 0 Å². The number of benzene rings is 1. The largest absolute Gasteiger partial charge is 0.455 e. The molecule has 0 bridgehead atoms. The van der Waals surface area contributed by atoms with Crippen LogP contribution in [-0.4, -0.2) is 55.4 Å². The minimum Gasteiger partial charge on any atom is -0.455 e. The molecule has 1 amide bonds. The quantitative estimate of drug-likeness (QED) is 0.678. The van der Waals surface area contributed by atoms with Gasteiger partial charge in [0.1, 0.15) is 0 Å². The summed E-state index contributed by atoms with van der Waals surface area (Å²) in [5, 5.41) is 0. The summed E-state index contributed by atoms with van der Waals surface area (Å²) in [7, 11) is -3.07. The second-order valence-electron chi connectivity index (χ2n) is 8.32. The van der Waals surface area contributed by atoms with Gasteiger partial charge in [-0.1, -0.05) is 43.2 Å². The Kier molecular flexibility index (Phi) is 5.21. The lowest BCUT2D eigenvalue weighted by Gasteiger charge is -2.30. The molecular weight excluding hydrogens is 378 g/mol. The molecular formula is C21H27NO5S. The van der Waals surface area contributed by atoms with E-state index in [4.69, 9.17) is 4.74 Å². The maximum atomic E-state index is 13.0. The van der Waals surface area contributed by atoms with Gasteiger partial charge in [0.05, 0.1) is 16.9 Å². The highest BCUT2D eigenvalue weighted by Crippen LogP contribution is 2.42. The first-order valence-corrected chi connectivity index (χ1v) is 12.0. The molecule has 2 aliphatic carbocycles. The number of carbonyl (C=O) groups is 2. The van der Waals surface area contributed by atoms with Gasteiger partial charge in [0.25, 0.3) is 5.91 Å². The normalized spacial score (nSPS) is 25.4. The number of sulfone groups is 1. The summed E-state index contributed by atoms with van der Waals surface area (Å²) in [5.41, 5.74) is 0.286. The van der Waals surface area contributed by atoms with Crippen LogP contribution >= 0.6 is 0 Å². The van der Waals surface area contributed by atoms with Crippen LogP contribution in [0.2, 0.25) is 0 Å². The van der Waals surface area contributed by atoms with Crippen molar-refractivity contribution in [3.63, 3.8) is 0 Å². The van der Waals surface area contributed by atoms with Gasteiger partial charge < -0.3 is 9.64 Å². The maximum Gasteiger partial charge on any atom is 0.317 e. The Labute approximate surface area is 166 Å². The van der Waals surface area contributed by atoms with E-state index >= 15 is 0 Å². The van der Waals surface area contributed by atoms with Crippen molar-refractivity contribution >= 4 is 21.7 Å². The summed E-state index contributed by atoms with van der Waals surface area (Å²) in [4.78, 5) is 27.5. The van der Waals surface area contributed by atoms with Gasteiger partial charge in [0, 0.05) is 12.1 Å². The molecule has 1 aromatic carbocycles. The van der Waals surface area contributed by atoms with Crippen LogP contribution in [0.15, 0.2) is 30.3 Å². The van der Waals surface area contributed by atoms with Crippen LogP contribution in [0, 0.1) is 0 Å². The van der Waals surface area contributed by atoms with Crippen molar-refractivity contribution < 1.29 is 22.7 Å². The van der Waals surface area contributed by atoms with Gasteiger partial charge in [0.15, 0.2) is 16.4 Å². The van der Waals surface area contributed by atoms with Crippen LogP contribution in [0.3, 0.4) is 0 Å². The monoisotopic (exact) mass is 405 g/mol. The van der Waals surface area contributed by atoms with Crippen LogP contribution in [0.1, 0.15) is 50.5 Å². The van der Waals surface area contributed by atoms with Crippen LogP contribution in [0.5, 0.6) is 0 Å². The molecule has 1 heterocycles. The second-order valence-corrected chi connectivity index (χ2v) is 10.5. The Hall–Kier alpha value is -1.89. The Morgan fingerprint density at radius 3 is 2.29 bits per heavy atom. The third-order valence-electron chi connectivity index (χ3n) is 6.33. The van der Waals surface area contributed by atoms with Gasteiger partial charge in [-0.25, -0.2) is 8.42 Å². The number of esters is 1. The zero-order valence-corrected chi connectivity index (χ0v) is 16.8. The van der Waals surface area contributed by atoms with Crippen LogP contribution in [0.4, 0.5) is 0 Å². The number of nitrogens with zero attached hydrogens (tertiary/aromatic N) is 1. The molecule has 152 valence electrons. The molecule has 1 atom stereocenters. The number of hydrogen-bond donors (Lipinski definition) is 0. The summed E-state index contributed by atoms with van der Waals surface area (Å²) in [5.74, 6) is -0.444. The molecule has 2 saturated carbocycles. The fourth-order valence-electron chi connectivity index (χ4n) is 4.74. The summed E-state index contributed by atoms with van der Waals surface area (Å²) in [6.07, 6.45) is 5.66. The smallest absolute Gasteiger partial charge is 0.317 e. The number of ether oxygens (including phenoxy) is 1. The summed E-state index contributed by atoms with van der Waals surface area (Å²) < 4.78 is 29.2. The van der Waals surface area contributed by atoms with E-state index < -0.39 is 15.3 Å². The number of amides is 1. The second kappa shape index (κ2) is 7.50. The Balaban J connectivity index is 1.44. The van der Waals surface area contributed by atoms with Crippen molar-refractivity contribution in [2.45, 2.75) is 62.4 Å². The lowest BCUT2D eigenvalue weighted by Crippen LogP contribution is -2.45. The highest BCUT2D eigenvalue weighted by Gasteiger charge is 2.46. The topological polar surface area (TPSA) is 80.8 Å². The van der Waals surface area contributed by atoms with E-state index in [0.717, 1.165) is 44.1 Å². The molecule has 1 aromatic rings. The maximum absolute atomic E-state index is 13.0. The lowest BCUT2D eigenvalue weighted by molar-refractivity contribution is -0.158. The van der Waals surface area contributed by atoms with Crippen molar-refractivity contribution in [1.82, 2.24) is 4.90 Å². The molecule has 0 radical (unpaired) electrons. The highest BCUT2D eigenvalue weighted by atomic mass is 32.2. The molecule has 7 heteroatoms. The third-order valence-corrected chi connectivity index (χ3v) is 8.08. The highest BCUT2D eigenvalue weighted by molar-refractivity contribution is 7.91. The van der Waals surface area contributed by atoms with E-state index in [1.807, 2.05) is 30.3 Å². The Morgan fingerprint density at radius 2 is 1.71 bits per heavy atom. The predicted octanol–water partition coefficient (Wildman–Crippen LogP) is 2.22. The van der Waals surface area contributed by atoms with Gasteiger partial charge in [-0.05, 0) is 37.7 Å². The molecule has 28 heavy (non-hydrogen) atoms. The summed E-state index contributed by atoms with van der Waals surface area (Å²) >= 11 is 0. The first kappa shape index (κ1) is 19.4. The predicted molar refractivity (Wildman–Crippen MR) is 104 cm³/mol. The number of rotatable bonds is 6. The fraction of sp³-hybridized carbons (Fsp3) is 0.619. The molecule has 4 rings (SSSR count). The first-order valence-electron chi connectivity index (χ1n) is 10.2. The van der Waals surface area contributed by atoms with Crippen molar-refractivity contribution in [2.24, 2.45) is 0 Å². The minimum absolute atomic E-state index is 0.0249. The zero-order valence-electron chi connectivity index (χ0n) is 16.0. The third kappa shape index (κ3) is 3.81. The molecule has 6 nitrogen and oxygen atoms in total. The molecule has 3 aliphatic rings. The molecule has 0 spiro atoms. The van der Waals surface area contributed by atoms with E-state index in [2.05, 4.69) is 0 Å². The molecule has 0 aromatic heterocycles. The lowest BCUT2D eigenvalue weighted by atomic mass is 9.79. The van der Waals surface area contributed by atoms with Gasteiger partial charge in [-0.2, -0.15) is 0 Å². The van der Waals surface area contributed by atoms with Crippen LogP contribution < -0.4 is 0 Å². The molecule has 3 fully saturated rings. The summed E-state index contributed by atoms with van der Waals surface area (Å²) in [6, 6.07) is 9.48. The van der Waals surface area contributed by atoms with Crippen molar-refractivity contribution in [2.75, 3.05) is 18.1 Å². The Morgan fingerprint density at radius 1 is 1.04 bits per heavy atom. The molecule has 1 aliphatic heterocycles. The standard InChI is InChI=1S/C21H27NO5S/c23-19(22(17-8-9-17)18-10-13-28(25,26)15-18)14-27-20(24)21(11-4-5-12-21)16-6-2-1-3-7-16/h1-3,6-7,17-18H,4-5,8-15H2/t18-/m0/s1. The Bertz CT molecular complexity index is 841. The van der Waals surface area contributed by atoms with E-state index in [9.17, 15) is 18.0 Å². The van der Waals surface area contributed by atoms with E-state index in [0.29, 0.717) is 6.42 Å². The fourth-order valence-corrected chi connectivity index (χ4v) is 6.45. The molecule has 0 N–H and O–H groups in total. The van der Waals surface area contributed by atoms with E-state index in [-0.39, 0.29) is 42.1 Å². The van der Waals surface area contributed by atoms with Crippen molar-refractivity contribution in [1.29, 1.82) is 0 Å². The van der Waals surface area contributed by atoms with E-state index in [1.54, 1.807) is 4.90 Å². The average Bonchev–Trinajstić information content (AvgIpc) is 3.25. The van der Waals surface area contributed by atoms with Gasteiger partial charge in [0.2, 0.25) is 0 Å². The van der Waals surface area contributed by atoms with E-state index in [1.165, 1.54) is 0 Å². The minimum atomic E-state index is -3.07. The SMILES string of the molecule is O=C(COC(=O)C1(c2ccccc2)CCCC1)N(C1CC1)[C@H]1CCS(=O)(=O)C1. The zero-order chi connectivity index (χ0) is 19.8.